The third-order valence-corrected chi connectivity index (χ3v) is 6.72. The van der Waals surface area contributed by atoms with Crippen LogP contribution in [-0.2, 0) is 19.8 Å². The van der Waals surface area contributed by atoms with Gasteiger partial charge in [0.1, 0.15) is 24.0 Å². The minimum absolute atomic E-state index is 0.0798. The summed E-state index contributed by atoms with van der Waals surface area (Å²) in [4.78, 5) is 18.0. The maximum absolute atomic E-state index is 10.6. The van der Waals surface area contributed by atoms with Gasteiger partial charge < -0.3 is 25.1 Å². The van der Waals surface area contributed by atoms with E-state index in [0.717, 1.165) is 41.7 Å². The summed E-state index contributed by atoms with van der Waals surface area (Å²) in [5, 5.41) is 7.73. The maximum Gasteiger partial charge on any atom is 0.490 e. The molecule has 1 aromatic carbocycles. The highest BCUT2D eigenvalue weighted by molar-refractivity contribution is 6.30. The molecule has 3 aliphatic rings. The largest absolute Gasteiger partial charge is 0.490 e. The highest BCUT2D eigenvalue weighted by Gasteiger charge is 2.55. The van der Waals surface area contributed by atoms with Crippen LogP contribution in [0.4, 0.5) is 13.2 Å². The van der Waals surface area contributed by atoms with Crippen molar-refractivity contribution in [1.29, 1.82) is 0 Å². The number of hydrogen-bond acceptors (Lipinski definition) is 7. The number of rotatable bonds is 3. The van der Waals surface area contributed by atoms with E-state index in [1.165, 1.54) is 0 Å². The number of aliphatic carboxylic acids is 1. The van der Waals surface area contributed by atoms with Gasteiger partial charge in [0.25, 0.3) is 6.02 Å². The van der Waals surface area contributed by atoms with Crippen molar-refractivity contribution >= 4 is 23.6 Å². The van der Waals surface area contributed by atoms with E-state index in [0.29, 0.717) is 18.2 Å². The first-order valence-corrected chi connectivity index (χ1v) is 11.7. The molecule has 0 radical (unpaired) electrons. The molecule has 5 rings (SSSR count). The molecule has 2 aromatic rings. The molecule has 0 saturated heterocycles. The highest BCUT2D eigenvalue weighted by Crippen LogP contribution is 2.53. The Kier molecular flexibility index (Phi) is 7.33. The molecule has 1 saturated carbocycles. The number of fused-ring (bicyclic) bond motifs is 4. The Morgan fingerprint density at radius 2 is 2.03 bits per heavy atom. The molecule has 12 heteroatoms. The van der Waals surface area contributed by atoms with Gasteiger partial charge in [-0.2, -0.15) is 13.2 Å². The van der Waals surface area contributed by atoms with E-state index in [9.17, 15) is 13.2 Å². The molecule has 36 heavy (non-hydrogen) atoms. The summed E-state index contributed by atoms with van der Waals surface area (Å²) in [5.41, 5.74) is 8.42. The van der Waals surface area contributed by atoms with Crippen LogP contribution in [-0.4, -0.2) is 53.7 Å². The van der Waals surface area contributed by atoms with Crippen LogP contribution in [0.2, 0.25) is 5.02 Å². The third-order valence-electron chi connectivity index (χ3n) is 6.51. The molecule has 0 bridgehead atoms. The molecule has 3 heterocycles. The average molecular weight is 528 g/mol. The second-order valence-electron chi connectivity index (χ2n) is 8.72. The zero-order valence-electron chi connectivity index (χ0n) is 19.3. The van der Waals surface area contributed by atoms with Crippen LogP contribution in [0.25, 0.3) is 11.1 Å². The maximum atomic E-state index is 10.6. The van der Waals surface area contributed by atoms with E-state index in [4.69, 9.17) is 46.4 Å². The summed E-state index contributed by atoms with van der Waals surface area (Å²) < 4.78 is 49.8. The first-order chi connectivity index (χ1) is 17.0. The number of carboxylic acid groups (broad SMARTS) is 1. The Morgan fingerprint density at radius 1 is 1.28 bits per heavy atom. The summed E-state index contributed by atoms with van der Waals surface area (Å²) >= 11 is 6.16. The molecular weight excluding hydrogens is 503 g/mol. The van der Waals surface area contributed by atoms with E-state index < -0.39 is 17.7 Å². The minimum Gasteiger partial charge on any atom is -0.490 e. The second-order valence-corrected chi connectivity index (χ2v) is 9.16. The number of alkyl halides is 3. The van der Waals surface area contributed by atoms with Crippen molar-refractivity contribution in [3.8, 4) is 16.9 Å². The molecule has 194 valence electrons. The zero-order valence-corrected chi connectivity index (χ0v) is 20.1. The molecule has 1 unspecified atom stereocenters. The number of nitrogens with two attached hydrogens (primary N) is 1. The second kappa shape index (κ2) is 10.1. The summed E-state index contributed by atoms with van der Waals surface area (Å²) in [6.45, 7) is 3.17. The van der Waals surface area contributed by atoms with Gasteiger partial charge in [-0.05, 0) is 49.9 Å². The standard InChI is InChI=1S/C22H24ClN3O3.C2HF3O2/c1-2-27-16-4-6-20-18(9-16)22(12-28-21(24)26-22)17-8-13(3-5-19(17)29-20)14-7-15(23)11-25-10-14;3-2(4,5)1(6)7/h3,5,7-8,10-11,16,18,20H,2,4,6,9,12H2,1H3,(H2,24,26);(H,6,7)/t16-,18-,20-,22?;/m0./s1. The number of hydrogen-bond donors (Lipinski definition) is 2. The molecule has 3 N–H and O–H groups in total. The number of benzene rings is 1. The fourth-order valence-electron chi connectivity index (χ4n) is 4.99. The van der Waals surface area contributed by atoms with Gasteiger partial charge in [-0.25, -0.2) is 9.79 Å². The summed E-state index contributed by atoms with van der Waals surface area (Å²) in [6.07, 6.45) is 1.45. The van der Waals surface area contributed by atoms with Crippen LogP contribution < -0.4 is 10.5 Å². The number of pyridine rings is 1. The average Bonchev–Trinajstić information content (AvgIpc) is 3.22. The van der Waals surface area contributed by atoms with Crippen molar-refractivity contribution in [1.82, 2.24) is 4.98 Å². The third kappa shape index (κ3) is 5.22. The van der Waals surface area contributed by atoms with Crippen LogP contribution in [0.3, 0.4) is 0 Å². The number of carboxylic acids is 1. The van der Waals surface area contributed by atoms with Gasteiger partial charge in [-0.1, -0.05) is 17.7 Å². The quantitative estimate of drug-likeness (QED) is 0.602. The summed E-state index contributed by atoms with van der Waals surface area (Å²) in [6, 6.07) is 8.32. The van der Waals surface area contributed by atoms with Crippen LogP contribution in [0.5, 0.6) is 5.75 Å². The smallest absolute Gasteiger partial charge is 0.490 e. The molecule has 2 aliphatic heterocycles. The van der Waals surface area contributed by atoms with Crippen LogP contribution >= 0.6 is 11.6 Å². The Labute approximate surface area is 210 Å². The van der Waals surface area contributed by atoms with Crippen molar-refractivity contribution in [2.45, 2.75) is 50.1 Å². The lowest BCUT2D eigenvalue weighted by atomic mass is 9.67. The first-order valence-electron chi connectivity index (χ1n) is 11.4. The van der Waals surface area contributed by atoms with Crippen LogP contribution in [0, 0.1) is 5.92 Å². The number of ether oxygens (including phenoxy) is 3. The van der Waals surface area contributed by atoms with Crippen molar-refractivity contribution in [3.63, 3.8) is 0 Å². The van der Waals surface area contributed by atoms with Crippen molar-refractivity contribution in [3.05, 3.63) is 47.2 Å². The molecular formula is C24H25ClF3N3O5. The van der Waals surface area contributed by atoms with E-state index in [-0.39, 0.29) is 24.1 Å². The molecule has 1 spiro atoms. The Hall–Kier alpha value is -3.05. The molecule has 1 aromatic heterocycles. The molecule has 8 nitrogen and oxygen atoms in total. The molecule has 1 aliphatic carbocycles. The number of carbonyl (C=O) groups is 1. The van der Waals surface area contributed by atoms with Gasteiger partial charge in [0.05, 0.1) is 11.1 Å². The number of nitrogens with zero attached hydrogens (tertiary/aromatic N) is 2. The fraction of sp³-hybridized carbons (Fsp3) is 0.458. The SMILES string of the molecule is CCO[C@H]1CC[C@@H]2Oc3ccc(-c4cncc(Cl)c4)cc3C3(COC(N)=N3)[C@H]2C1.O=C(O)C(F)(F)F. The Morgan fingerprint density at radius 3 is 2.64 bits per heavy atom. The first kappa shape index (κ1) is 26.0. The van der Waals surface area contributed by atoms with Gasteiger partial charge >= 0.3 is 12.1 Å². The topological polar surface area (TPSA) is 116 Å². The number of aromatic nitrogens is 1. The van der Waals surface area contributed by atoms with Gasteiger partial charge in [0, 0.05) is 36.0 Å². The monoisotopic (exact) mass is 527 g/mol. The summed E-state index contributed by atoms with van der Waals surface area (Å²) in [7, 11) is 0. The van der Waals surface area contributed by atoms with E-state index in [2.05, 4.69) is 11.1 Å². The number of halogens is 4. The lowest BCUT2D eigenvalue weighted by Crippen LogP contribution is -2.52. The summed E-state index contributed by atoms with van der Waals surface area (Å²) in [5.74, 6) is -1.76. The molecule has 4 atom stereocenters. The predicted octanol–water partition coefficient (Wildman–Crippen LogP) is 4.54. The number of aliphatic imine (C=N–C) groups is 1. The van der Waals surface area contributed by atoms with E-state index >= 15 is 0 Å². The normalized spacial score (nSPS) is 26.5. The van der Waals surface area contributed by atoms with Crippen molar-refractivity contribution in [2.24, 2.45) is 16.6 Å². The van der Waals surface area contributed by atoms with E-state index in [1.807, 2.05) is 25.1 Å². The van der Waals surface area contributed by atoms with Crippen molar-refractivity contribution < 1.29 is 37.3 Å². The van der Waals surface area contributed by atoms with Crippen LogP contribution in [0.1, 0.15) is 31.7 Å². The van der Waals surface area contributed by atoms with Crippen LogP contribution in [0.15, 0.2) is 41.7 Å². The van der Waals surface area contributed by atoms with Gasteiger partial charge in [-0.3, -0.25) is 4.98 Å². The van der Waals surface area contributed by atoms with Crippen molar-refractivity contribution in [2.75, 3.05) is 13.2 Å². The minimum atomic E-state index is -5.08. The molecule has 1 fully saturated rings. The van der Waals surface area contributed by atoms with Gasteiger partial charge in [-0.15, -0.1) is 0 Å². The lowest BCUT2D eigenvalue weighted by molar-refractivity contribution is -0.192. The Balaban J connectivity index is 0.000000384. The molecule has 0 amide bonds. The van der Waals surface area contributed by atoms with Gasteiger partial charge in [0.2, 0.25) is 0 Å². The Bertz CT molecular complexity index is 1160. The lowest BCUT2D eigenvalue weighted by Gasteiger charge is -2.47. The number of amidine groups is 1. The fourth-order valence-corrected chi connectivity index (χ4v) is 5.16. The zero-order chi connectivity index (χ0) is 26.1. The van der Waals surface area contributed by atoms with Gasteiger partial charge in [0.15, 0.2) is 0 Å². The van der Waals surface area contributed by atoms with E-state index in [1.54, 1.807) is 12.4 Å². The highest BCUT2D eigenvalue weighted by atomic mass is 35.5. The predicted molar refractivity (Wildman–Crippen MR) is 125 cm³/mol.